The van der Waals surface area contributed by atoms with Gasteiger partial charge in [-0.3, -0.25) is 4.57 Å². The lowest BCUT2D eigenvalue weighted by Gasteiger charge is -2.16. The molecule has 4 heteroatoms. The molecule has 0 bridgehead atoms. The third-order valence-electron chi connectivity index (χ3n) is 9.94. The molecule has 10 rings (SSSR count). The molecule has 0 saturated heterocycles. The molecule has 50 heavy (non-hydrogen) atoms. The van der Waals surface area contributed by atoms with Crippen molar-refractivity contribution < 1.29 is 0 Å². The average Bonchev–Trinajstić information content (AvgIpc) is 3.71. The zero-order valence-corrected chi connectivity index (χ0v) is 27.1. The molecular weight excluding hydrogens is 609 g/mol. The van der Waals surface area contributed by atoms with Gasteiger partial charge in [0, 0.05) is 33.8 Å². The molecule has 9 aromatic rings. The van der Waals surface area contributed by atoms with E-state index in [-0.39, 0.29) is 5.92 Å². The summed E-state index contributed by atoms with van der Waals surface area (Å²) >= 11 is 0. The highest BCUT2D eigenvalue weighted by molar-refractivity contribution is 6.09. The predicted molar refractivity (Wildman–Crippen MR) is 203 cm³/mol. The summed E-state index contributed by atoms with van der Waals surface area (Å²) in [5.41, 5.74) is 14.4. The summed E-state index contributed by atoms with van der Waals surface area (Å²) in [7, 11) is 0. The number of aromatic nitrogens is 4. The summed E-state index contributed by atoms with van der Waals surface area (Å²) in [5, 5.41) is 2.34. The first-order chi connectivity index (χ1) is 24.8. The Hall–Kier alpha value is -6.65. The number of benzene rings is 6. The highest BCUT2D eigenvalue weighted by atomic mass is 15.0. The van der Waals surface area contributed by atoms with Crippen LogP contribution >= 0.6 is 0 Å². The maximum absolute atomic E-state index is 5.26. The van der Waals surface area contributed by atoms with Crippen LogP contribution in [0.1, 0.15) is 22.9 Å². The standard InChI is InChI=1S/C46H30N4/c1-4-13-30(14-5-1)41-29-42(31-15-6-2-7-16-31)49-45(48-41)44-37-20-11-10-19-35(37)40-27-32(23-25-38(40)44)33-22-24-36-39-21-12-26-47-46(39)50(43(36)28-33)34-17-8-3-9-18-34/h1-29,44H. The van der Waals surface area contributed by atoms with Gasteiger partial charge in [0.1, 0.15) is 11.5 Å². The minimum atomic E-state index is -0.0875. The third kappa shape index (κ3) is 4.57. The lowest BCUT2D eigenvalue weighted by molar-refractivity contribution is 0.879. The Morgan fingerprint density at radius 2 is 1.06 bits per heavy atom. The predicted octanol–water partition coefficient (Wildman–Crippen LogP) is 11.1. The molecule has 0 N–H and O–H groups in total. The highest BCUT2D eigenvalue weighted by Crippen LogP contribution is 2.49. The number of rotatable bonds is 5. The summed E-state index contributed by atoms with van der Waals surface area (Å²) in [6.45, 7) is 0. The van der Waals surface area contributed by atoms with Gasteiger partial charge >= 0.3 is 0 Å². The smallest absolute Gasteiger partial charge is 0.145 e. The lowest BCUT2D eigenvalue weighted by atomic mass is 9.93. The fourth-order valence-electron chi connectivity index (χ4n) is 7.63. The topological polar surface area (TPSA) is 43.6 Å². The Labute approximate surface area is 290 Å². The van der Waals surface area contributed by atoms with E-state index in [1.165, 1.54) is 33.2 Å². The van der Waals surface area contributed by atoms with Crippen molar-refractivity contribution in [1.82, 2.24) is 19.5 Å². The van der Waals surface area contributed by atoms with Crippen molar-refractivity contribution in [1.29, 1.82) is 0 Å². The molecule has 1 unspecified atom stereocenters. The Balaban J connectivity index is 1.14. The monoisotopic (exact) mass is 638 g/mol. The Bertz CT molecular complexity index is 2640. The largest absolute Gasteiger partial charge is 0.294 e. The number of para-hydroxylation sites is 1. The second-order valence-corrected chi connectivity index (χ2v) is 12.8. The van der Waals surface area contributed by atoms with E-state index in [0.717, 1.165) is 56.1 Å². The normalized spacial score (nSPS) is 13.4. The minimum Gasteiger partial charge on any atom is -0.294 e. The fourth-order valence-corrected chi connectivity index (χ4v) is 7.63. The van der Waals surface area contributed by atoms with E-state index in [4.69, 9.17) is 15.0 Å². The van der Waals surface area contributed by atoms with E-state index in [2.05, 4.69) is 156 Å². The van der Waals surface area contributed by atoms with E-state index in [0.29, 0.717) is 0 Å². The number of hydrogen-bond acceptors (Lipinski definition) is 3. The molecule has 0 aliphatic heterocycles. The van der Waals surface area contributed by atoms with Gasteiger partial charge in [-0.05, 0) is 75.8 Å². The Kier molecular flexibility index (Phi) is 6.53. The van der Waals surface area contributed by atoms with E-state index < -0.39 is 0 Å². The maximum Gasteiger partial charge on any atom is 0.145 e. The molecule has 0 radical (unpaired) electrons. The molecular formula is C46H30N4. The minimum absolute atomic E-state index is 0.0875. The van der Waals surface area contributed by atoms with Crippen LogP contribution in [0, 0.1) is 0 Å². The van der Waals surface area contributed by atoms with E-state index in [9.17, 15) is 0 Å². The molecule has 4 nitrogen and oxygen atoms in total. The maximum atomic E-state index is 5.26. The van der Waals surface area contributed by atoms with Gasteiger partial charge in [0.25, 0.3) is 0 Å². The van der Waals surface area contributed by atoms with Crippen molar-refractivity contribution in [3.05, 3.63) is 193 Å². The average molecular weight is 639 g/mol. The second kappa shape index (κ2) is 11.5. The summed E-state index contributed by atoms with van der Waals surface area (Å²) in [6, 6.07) is 60.0. The fraction of sp³-hybridized carbons (Fsp3) is 0.0217. The zero-order chi connectivity index (χ0) is 33.0. The quantitative estimate of drug-likeness (QED) is 0.188. The molecule has 1 aliphatic rings. The van der Waals surface area contributed by atoms with Crippen LogP contribution in [0.15, 0.2) is 176 Å². The molecule has 3 heterocycles. The van der Waals surface area contributed by atoms with E-state index in [1.807, 2.05) is 24.4 Å². The van der Waals surface area contributed by atoms with Gasteiger partial charge in [-0.15, -0.1) is 0 Å². The van der Waals surface area contributed by atoms with Crippen LogP contribution in [0.4, 0.5) is 0 Å². The van der Waals surface area contributed by atoms with Gasteiger partial charge in [0.15, 0.2) is 0 Å². The molecule has 1 atom stereocenters. The van der Waals surface area contributed by atoms with Gasteiger partial charge in [0.2, 0.25) is 0 Å². The van der Waals surface area contributed by atoms with Gasteiger partial charge in [-0.2, -0.15) is 0 Å². The molecule has 0 amide bonds. The van der Waals surface area contributed by atoms with Crippen molar-refractivity contribution in [2.24, 2.45) is 0 Å². The van der Waals surface area contributed by atoms with Gasteiger partial charge < -0.3 is 0 Å². The third-order valence-corrected chi connectivity index (χ3v) is 9.94. The summed E-state index contributed by atoms with van der Waals surface area (Å²) in [4.78, 5) is 15.3. The molecule has 1 aliphatic carbocycles. The summed E-state index contributed by atoms with van der Waals surface area (Å²) < 4.78 is 2.27. The zero-order valence-electron chi connectivity index (χ0n) is 27.1. The molecule has 0 spiro atoms. The van der Waals surface area contributed by atoms with Crippen molar-refractivity contribution in [2.75, 3.05) is 0 Å². The number of hydrogen-bond donors (Lipinski definition) is 0. The Morgan fingerprint density at radius 1 is 0.440 bits per heavy atom. The highest BCUT2D eigenvalue weighted by Gasteiger charge is 2.32. The SMILES string of the molecule is c1ccc(-c2cc(-c3ccccc3)nc(C3c4ccccc4-c4cc(-c5ccc6c7cccnc7n(-c7ccccc7)c6c5)ccc43)n2)cc1. The summed E-state index contributed by atoms with van der Waals surface area (Å²) in [5.74, 6) is 0.723. The first kappa shape index (κ1) is 28.4. The van der Waals surface area contributed by atoms with Gasteiger partial charge in [0.05, 0.1) is 22.8 Å². The van der Waals surface area contributed by atoms with Crippen LogP contribution in [0.5, 0.6) is 0 Å². The van der Waals surface area contributed by atoms with E-state index in [1.54, 1.807) is 0 Å². The molecule has 6 aromatic carbocycles. The van der Waals surface area contributed by atoms with Crippen LogP contribution < -0.4 is 0 Å². The van der Waals surface area contributed by atoms with E-state index >= 15 is 0 Å². The van der Waals surface area contributed by atoms with Crippen molar-refractivity contribution in [3.63, 3.8) is 0 Å². The van der Waals surface area contributed by atoms with Crippen LogP contribution in [-0.2, 0) is 0 Å². The molecule has 234 valence electrons. The van der Waals surface area contributed by atoms with Crippen molar-refractivity contribution in [3.8, 4) is 50.5 Å². The first-order valence-electron chi connectivity index (χ1n) is 17.0. The molecule has 3 aromatic heterocycles. The number of pyridine rings is 1. The second-order valence-electron chi connectivity index (χ2n) is 12.8. The number of fused-ring (bicyclic) bond motifs is 6. The Morgan fingerprint density at radius 3 is 1.80 bits per heavy atom. The lowest BCUT2D eigenvalue weighted by Crippen LogP contribution is -2.07. The number of nitrogens with zero attached hydrogens (tertiary/aromatic N) is 4. The van der Waals surface area contributed by atoms with Crippen molar-refractivity contribution in [2.45, 2.75) is 5.92 Å². The van der Waals surface area contributed by atoms with Crippen LogP contribution in [0.2, 0.25) is 0 Å². The van der Waals surface area contributed by atoms with Crippen LogP contribution in [0.3, 0.4) is 0 Å². The van der Waals surface area contributed by atoms with Gasteiger partial charge in [-0.1, -0.05) is 127 Å². The molecule has 0 saturated carbocycles. The summed E-state index contributed by atoms with van der Waals surface area (Å²) in [6.07, 6.45) is 1.87. The molecule has 0 fully saturated rings. The van der Waals surface area contributed by atoms with Crippen LogP contribution in [-0.4, -0.2) is 19.5 Å². The van der Waals surface area contributed by atoms with Crippen molar-refractivity contribution >= 4 is 21.9 Å². The van der Waals surface area contributed by atoms with Gasteiger partial charge in [-0.25, -0.2) is 15.0 Å². The first-order valence-corrected chi connectivity index (χ1v) is 17.0. The van der Waals surface area contributed by atoms with Crippen LogP contribution in [0.25, 0.3) is 72.4 Å².